The molecule has 3 fully saturated rings. The Morgan fingerprint density at radius 1 is 0.958 bits per heavy atom. The van der Waals surface area contributed by atoms with Crippen molar-refractivity contribution in [3.8, 4) is 0 Å². The molecule has 48 heavy (non-hydrogen) atoms. The Balaban J connectivity index is 1.52. The average molecular weight is 673 g/mol. The summed E-state index contributed by atoms with van der Waals surface area (Å²) >= 11 is 1.71. The van der Waals surface area contributed by atoms with E-state index in [-0.39, 0.29) is 35.5 Å². The maximum absolute atomic E-state index is 15.0. The van der Waals surface area contributed by atoms with Crippen LogP contribution in [0.3, 0.4) is 0 Å². The van der Waals surface area contributed by atoms with Crippen molar-refractivity contribution in [3.05, 3.63) is 85.5 Å². The second-order valence-electron chi connectivity index (χ2n) is 13.3. The van der Waals surface area contributed by atoms with E-state index in [2.05, 4.69) is 38.8 Å². The van der Waals surface area contributed by atoms with Gasteiger partial charge in [-0.2, -0.15) is 0 Å². The molecule has 9 heteroatoms. The molecule has 1 spiro atoms. The highest BCUT2D eigenvalue weighted by atomic mass is 32.2. The van der Waals surface area contributed by atoms with Crippen LogP contribution in [0, 0.1) is 17.8 Å². The number of aliphatic hydroxyl groups excluding tert-OH is 1. The summed E-state index contributed by atoms with van der Waals surface area (Å²) in [6.07, 6.45) is 6.33. The SMILES string of the molecule is C=CCN(Cc1ccccc1)C(=O)[C@@H]1[C@H]2C(=O)N(CCCCCO)C(C(=O)N(CC=C)c3ccc(N(CC)CC)cc3)C23S[C@@H]1CC3C. The van der Waals surface area contributed by atoms with Gasteiger partial charge in [0, 0.05) is 62.5 Å². The number of carbonyl (C=O) groups excluding carboxylic acids is 3. The minimum absolute atomic E-state index is 0.0355. The second-order valence-corrected chi connectivity index (χ2v) is 14.8. The molecule has 2 aromatic carbocycles. The molecule has 3 unspecified atom stereocenters. The van der Waals surface area contributed by atoms with Crippen LogP contribution in [0.25, 0.3) is 0 Å². The number of benzene rings is 2. The van der Waals surface area contributed by atoms with E-state index < -0.39 is 22.6 Å². The first-order chi connectivity index (χ1) is 23.3. The second kappa shape index (κ2) is 15.8. The molecule has 0 saturated carbocycles. The number of nitrogens with zero attached hydrogens (tertiary/aromatic N) is 4. The third kappa shape index (κ3) is 6.56. The molecule has 3 amide bonds. The molecule has 3 saturated heterocycles. The van der Waals surface area contributed by atoms with E-state index in [4.69, 9.17) is 0 Å². The van der Waals surface area contributed by atoms with E-state index >= 15 is 4.79 Å². The zero-order valence-corrected chi connectivity index (χ0v) is 29.6. The molecule has 5 rings (SSSR count). The van der Waals surface area contributed by atoms with Gasteiger partial charge in [0.05, 0.1) is 16.6 Å². The monoisotopic (exact) mass is 672 g/mol. The van der Waals surface area contributed by atoms with Crippen molar-refractivity contribution in [2.75, 3.05) is 49.1 Å². The van der Waals surface area contributed by atoms with Crippen molar-refractivity contribution in [2.45, 2.75) is 69.0 Å². The number of thioether (sulfide) groups is 1. The minimum atomic E-state index is -0.719. The van der Waals surface area contributed by atoms with Gasteiger partial charge in [0.25, 0.3) is 5.91 Å². The van der Waals surface area contributed by atoms with Crippen LogP contribution in [-0.4, -0.2) is 88.0 Å². The Morgan fingerprint density at radius 2 is 1.62 bits per heavy atom. The third-order valence-electron chi connectivity index (χ3n) is 10.6. The van der Waals surface area contributed by atoms with Gasteiger partial charge < -0.3 is 24.7 Å². The number of likely N-dealkylation sites (tertiary alicyclic amines) is 1. The molecule has 2 bridgehead atoms. The standard InChI is InChI=1S/C39H52N4O4S/c1-6-22-41(27-29-16-12-10-13-17-29)36(45)33-32-26-28(5)39(48-32)34(33)37(46)43(24-14-11-15-25-44)35(39)38(47)42(23-7-2)31-20-18-30(19-21-31)40(8-3)9-4/h6-7,10,12-13,16-21,28,32-35,44H,1-2,8-9,11,14-15,22-27H2,3-5H3/t28?,32-,33+,34+,35?,39?/m1/s1. The minimum Gasteiger partial charge on any atom is -0.396 e. The summed E-state index contributed by atoms with van der Waals surface area (Å²) in [4.78, 5) is 52.0. The molecule has 0 radical (unpaired) electrons. The number of aliphatic hydroxyl groups is 1. The zero-order valence-electron chi connectivity index (χ0n) is 28.8. The number of amides is 3. The maximum Gasteiger partial charge on any atom is 0.251 e. The van der Waals surface area contributed by atoms with Gasteiger partial charge in [-0.3, -0.25) is 14.4 Å². The predicted molar refractivity (Wildman–Crippen MR) is 196 cm³/mol. The van der Waals surface area contributed by atoms with E-state index in [1.165, 1.54) is 0 Å². The number of fused-ring (bicyclic) bond motifs is 1. The smallest absolute Gasteiger partial charge is 0.251 e. The number of unbranched alkanes of at least 4 members (excludes halogenated alkanes) is 2. The van der Waals surface area contributed by atoms with E-state index in [1.807, 2.05) is 59.5 Å². The van der Waals surface area contributed by atoms with Gasteiger partial charge in [-0.05, 0) is 75.3 Å². The zero-order chi connectivity index (χ0) is 34.4. The molecule has 1 N–H and O–H groups in total. The summed E-state index contributed by atoms with van der Waals surface area (Å²) in [5.41, 5.74) is 2.88. The van der Waals surface area contributed by atoms with Gasteiger partial charge in [0.1, 0.15) is 6.04 Å². The lowest BCUT2D eigenvalue weighted by Crippen LogP contribution is -2.57. The van der Waals surface area contributed by atoms with Gasteiger partial charge in [0.2, 0.25) is 11.8 Å². The highest BCUT2D eigenvalue weighted by molar-refractivity contribution is 8.02. The van der Waals surface area contributed by atoms with Gasteiger partial charge in [-0.15, -0.1) is 24.9 Å². The molecule has 8 nitrogen and oxygen atoms in total. The molecule has 0 aliphatic carbocycles. The molecule has 3 aliphatic rings. The molecule has 6 atom stereocenters. The van der Waals surface area contributed by atoms with Crippen LogP contribution < -0.4 is 9.80 Å². The Morgan fingerprint density at radius 3 is 2.25 bits per heavy atom. The van der Waals surface area contributed by atoms with E-state index in [0.717, 1.165) is 42.9 Å². The van der Waals surface area contributed by atoms with E-state index in [9.17, 15) is 14.7 Å². The molecule has 258 valence electrons. The molecule has 3 aliphatic heterocycles. The van der Waals surface area contributed by atoms with Crippen molar-refractivity contribution in [3.63, 3.8) is 0 Å². The Kier molecular flexibility index (Phi) is 11.7. The quantitative estimate of drug-likeness (QED) is 0.170. The summed E-state index contributed by atoms with van der Waals surface area (Å²) in [7, 11) is 0. The van der Waals surface area contributed by atoms with Crippen molar-refractivity contribution >= 4 is 40.9 Å². The largest absolute Gasteiger partial charge is 0.396 e. The normalized spacial score (nSPS) is 25.5. The molecular formula is C39H52N4O4S. The summed E-state index contributed by atoms with van der Waals surface area (Å²) in [6, 6.07) is 17.3. The van der Waals surface area contributed by atoms with Crippen molar-refractivity contribution in [2.24, 2.45) is 17.8 Å². The first-order valence-electron chi connectivity index (χ1n) is 17.6. The molecular weight excluding hydrogens is 621 g/mol. The Labute approximate surface area is 290 Å². The first kappa shape index (κ1) is 35.7. The number of rotatable bonds is 17. The molecule has 2 aromatic rings. The van der Waals surface area contributed by atoms with Crippen LogP contribution in [0.2, 0.25) is 0 Å². The third-order valence-corrected chi connectivity index (χ3v) is 12.6. The van der Waals surface area contributed by atoms with E-state index in [1.54, 1.807) is 33.7 Å². The lowest BCUT2D eigenvalue weighted by molar-refractivity contribution is -0.144. The summed E-state index contributed by atoms with van der Waals surface area (Å²) in [5, 5.41) is 9.39. The fraction of sp³-hybridized carbons (Fsp3) is 0.513. The summed E-state index contributed by atoms with van der Waals surface area (Å²) in [6.45, 7) is 17.7. The van der Waals surface area contributed by atoms with Crippen LogP contribution >= 0.6 is 11.8 Å². The van der Waals surface area contributed by atoms with E-state index in [0.29, 0.717) is 39.0 Å². The van der Waals surface area contributed by atoms with Crippen LogP contribution in [0.5, 0.6) is 0 Å². The summed E-state index contributed by atoms with van der Waals surface area (Å²) < 4.78 is -0.719. The van der Waals surface area contributed by atoms with Crippen molar-refractivity contribution in [1.29, 1.82) is 0 Å². The van der Waals surface area contributed by atoms with Crippen LogP contribution in [-0.2, 0) is 20.9 Å². The number of hydrogen-bond donors (Lipinski definition) is 1. The van der Waals surface area contributed by atoms with Crippen molar-refractivity contribution < 1.29 is 19.5 Å². The number of hydrogen-bond acceptors (Lipinski definition) is 6. The Hall–Kier alpha value is -3.56. The van der Waals surface area contributed by atoms with Crippen LogP contribution in [0.4, 0.5) is 11.4 Å². The topological polar surface area (TPSA) is 84.4 Å². The average Bonchev–Trinajstić information content (AvgIpc) is 3.69. The van der Waals surface area contributed by atoms with Gasteiger partial charge >= 0.3 is 0 Å². The van der Waals surface area contributed by atoms with Crippen molar-refractivity contribution in [1.82, 2.24) is 9.80 Å². The highest BCUT2D eigenvalue weighted by Gasteiger charge is 2.76. The van der Waals surface area contributed by atoms with Crippen LogP contribution in [0.15, 0.2) is 79.9 Å². The predicted octanol–water partition coefficient (Wildman–Crippen LogP) is 5.77. The first-order valence-corrected chi connectivity index (χ1v) is 18.4. The number of anilines is 2. The molecule has 3 heterocycles. The lowest BCUT2D eigenvalue weighted by atomic mass is 9.65. The molecule has 0 aromatic heterocycles. The Bertz CT molecular complexity index is 1450. The fourth-order valence-corrected chi connectivity index (χ4v) is 10.7. The highest BCUT2D eigenvalue weighted by Crippen LogP contribution is 2.69. The van der Waals surface area contributed by atoms with Crippen LogP contribution in [0.1, 0.15) is 52.0 Å². The fourth-order valence-electron chi connectivity index (χ4n) is 8.33. The lowest BCUT2D eigenvalue weighted by Gasteiger charge is -2.41. The number of carbonyl (C=O) groups is 3. The summed E-state index contributed by atoms with van der Waals surface area (Å²) in [5.74, 6) is -1.28. The maximum atomic E-state index is 15.0. The van der Waals surface area contributed by atoms with Gasteiger partial charge in [-0.1, -0.05) is 49.4 Å². The van der Waals surface area contributed by atoms with Gasteiger partial charge in [0.15, 0.2) is 0 Å². The van der Waals surface area contributed by atoms with Gasteiger partial charge in [-0.25, -0.2) is 0 Å².